The van der Waals surface area contributed by atoms with Gasteiger partial charge in [-0.2, -0.15) is 0 Å². The monoisotopic (exact) mass is 239 g/mol. The first-order chi connectivity index (χ1) is 8.13. The van der Waals surface area contributed by atoms with Crippen molar-refractivity contribution in [1.82, 2.24) is 5.32 Å². The van der Waals surface area contributed by atoms with Crippen molar-refractivity contribution in [1.29, 1.82) is 0 Å². The Morgan fingerprint density at radius 3 is 2.59 bits per heavy atom. The van der Waals surface area contributed by atoms with E-state index in [9.17, 15) is 4.79 Å². The van der Waals surface area contributed by atoms with Gasteiger partial charge in [-0.1, -0.05) is 39.2 Å². The van der Waals surface area contributed by atoms with Crippen LogP contribution in [0.3, 0.4) is 0 Å². The molecule has 0 bridgehead atoms. The second-order valence-corrected chi connectivity index (χ2v) is 4.96. The highest BCUT2D eigenvalue weighted by molar-refractivity contribution is 5.87. The number of esters is 1. The quantitative estimate of drug-likeness (QED) is 0.439. The van der Waals surface area contributed by atoms with E-state index in [4.69, 9.17) is 4.74 Å². The molecule has 3 heteroatoms. The number of rotatable bonds is 6. The minimum Gasteiger partial charge on any atom is -0.443 e. The molecule has 17 heavy (non-hydrogen) atoms. The summed E-state index contributed by atoms with van der Waals surface area (Å²) in [6.45, 7) is 7.40. The largest absolute Gasteiger partial charge is 0.443 e. The number of nitrogens with one attached hydrogen (secondary N) is 1. The molecule has 0 aromatic rings. The van der Waals surface area contributed by atoms with Gasteiger partial charge in [0.25, 0.3) is 0 Å². The topological polar surface area (TPSA) is 38.3 Å². The lowest BCUT2D eigenvalue weighted by Crippen LogP contribution is -2.42. The molecule has 1 N–H and O–H groups in total. The molecule has 1 atom stereocenters. The summed E-state index contributed by atoms with van der Waals surface area (Å²) < 4.78 is 5.41. The fourth-order valence-corrected chi connectivity index (χ4v) is 2.20. The first kappa shape index (κ1) is 14.2. The second-order valence-electron chi connectivity index (χ2n) is 4.96. The van der Waals surface area contributed by atoms with Crippen LogP contribution < -0.4 is 5.32 Å². The van der Waals surface area contributed by atoms with Crippen LogP contribution in [-0.2, 0) is 9.53 Å². The number of carbonyl (C=O) groups is 1. The van der Waals surface area contributed by atoms with E-state index >= 15 is 0 Å². The van der Waals surface area contributed by atoms with Crippen molar-refractivity contribution in [3.8, 4) is 0 Å². The van der Waals surface area contributed by atoms with E-state index < -0.39 is 0 Å². The lowest BCUT2D eigenvalue weighted by molar-refractivity contribution is -0.146. The number of carbonyl (C=O) groups excluding carboxylic acids is 1. The third-order valence-electron chi connectivity index (χ3n) is 3.18. The van der Waals surface area contributed by atoms with E-state index in [-0.39, 0.29) is 12.2 Å². The summed E-state index contributed by atoms with van der Waals surface area (Å²) in [5, 5.41) is 3.46. The number of hydrogen-bond acceptors (Lipinski definition) is 3. The zero-order chi connectivity index (χ0) is 12.7. The van der Waals surface area contributed by atoms with Crippen LogP contribution in [0.5, 0.6) is 0 Å². The Balaban J connectivity index is 2.41. The third kappa shape index (κ3) is 5.35. The standard InChI is InChI=1S/C14H25NO2/c1-4-8-13(17-14(16)11(2)3)15-12-9-6-5-7-10-12/h12-13,15H,2,4-10H2,1,3H3. The van der Waals surface area contributed by atoms with Gasteiger partial charge in [0.05, 0.1) is 0 Å². The maximum atomic E-state index is 11.5. The normalized spacial score (nSPS) is 18.7. The molecule has 0 aromatic heterocycles. The first-order valence-corrected chi connectivity index (χ1v) is 6.76. The summed E-state index contributed by atoms with van der Waals surface area (Å²) in [7, 11) is 0. The highest BCUT2D eigenvalue weighted by atomic mass is 16.6. The van der Waals surface area contributed by atoms with Crippen molar-refractivity contribution in [2.75, 3.05) is 0 Å². The lowest BCUT2D eigenvalue weighted by atomic mass is 9.95. The van der Waals surface area contributed by atoms with Gasteiger partial charge in [-0.15, -0.1) is 0 Å². The molecule has 1 unspecified atom stereocenters. The Labute approximate surface area is 105 Å². The minimum atomic E-state index is -0.285. The molecule has 0 saturated heterocycles. The average Bonchev–Trinajstić information content (AvgIpc) is 2.30. The molecule has 0 amide bonds. The zero-order valence-electron chi connectivity index (χ0n) is 11.1. The van der Waals surface area contributed by atoms with Crippen LogP contribution in [0.1, 0.15) is 58.8 Å². The Morgan fingerprint density at radius 1 is 1.41 bits per heavy atom. The lowest BCUT2D eigenvalue weighted by Gasteiger charge is -2.28. The molecule has 0 radical (unpaired) electrons. The minimum absolute atomic E-state index is 0.146. The molecular weight excluding hydrogens is 214 g/mol. The molecule has 0 aliphatic heterocycles. The molecule has 1 fully saturated rings. The summed E-state index contributed by atoms with van der Waals surface area (Å²) in [5.41, 5.74) is 0.469. The zero-order valence-corrected chi connectivity index (χ0v) is 11.1. The Morgan fingerprint density at radius 2 is 2.06 bits per heavy atom. The van der Waals surface area contributed by atoms with Crippen molar-refractivity contribution < 1.29 is 9.53 Å². The number of hydrogen-bond donors (Lipinski definition) is 1. The summed E-state index contributed by atoms with van der Waals surface area (Å²) in [4.78, 5) is 11.5. The van der Waals surface area contributed by atoms with Crippen LogP contribution in [0.15, 0.2) is 12.2 Å². The van der Waals surface area contributed by atoms with Crippen LogP contribution >= 0.6 is 0 Å². The maximum Gasteiger partial charge on any atom is 0.334 e. The average molecular weight is 239 g/mol. The molecule has 0 heterocycles. The summed E-state index contributed by atoms with van der Waals surface area (Å²) >= 11 is 0. The molecule has 98 valence electrons. The summed E-state index contributed by atoms with van der Waals surface area (Å²) in [5.74, 6) is -0.285. The SMILES string of the molecule is C=C(C)C(=O)OC(CCC)NC1CCCCC1. The highest BCUT2D eigenvalue weighted by Crippen LogP contribution is 2.18. The van der Waals surface area contributed by atoms with Crippen molar-refractivity contribution in [3.63, 3.8) is 0 Å². The Hall–Kier alpha value is -0.830. The Bertz CT molecular complexity index is 257. The van der Waals surface area contributed by atoms with Crippen molar-refractivity contribution >= 4 is 5.97 Å². The van der Waals surface area contributed by atoms with Gasteiger partial charge in [0, 0.05) is 11.6 Å². The van der Waals surface area contributed by atoms with E-state index in [2.05, 4.69) is 18.8 Å². The number of ether oxygens (including phenoxy) is 1. The van der Waals surface area contributed by atoms with Crippen molar-refractivity contribution in [2.45, 2.75) is 71.1 Å². The fraction of sp³-hybridized carbons (Fsp3) is 0.786. The van der Waals surface area contributed by atoms with Gasteiger partial charge in [-0.25, -0.2) is 4.79 Å². The van der Waals surface area contributed by atoms with Gasteiger partial charge in [-0.05, 0) is 26.2 Å². The molecule has 1 rings (SSSR count). The smallest absolute Gasteiger partial charge is 0.334 e. The maximum absolute atomic E-state index is 11.5. The predicted molar refractivity (Wildman–Crippen MR) is 69.6 cm³/mol. The van der Waals surface area contributed by atoms with Gasteiger partial charge in [0.1, 0.15) is 0 Å². The summed E-state index contributed by atoms with van der Waals surface area (Å²) in [6.07, 6.45) is 8.03. The molecule has 3 nitrogen and oxygen atoms in total. The van der Waals surface area contributed by atoms with Gasteiger partial charge in [-0.3, -0.25) is 5.32 Å². The van der Waals surface area contributed by atoms with Crippen molar-refractivity contribution in [2.24, 2.45) is 0 Å². The first-order valence-electron chi connectivity index (χ1n) is 6.76. The molecule has 0 spiro atoms. The van der Waals surface area contributed by atoms with E-state index in [1.807, 2.05) is 0 Å². The van der Waals surface area contributed by atoms with Gasteiger partial charge < -0.3 is 4.74 Å². The molecule has 1 aliphatic rings. The van der Waals surface area contributed by atoms with Gasteiger partial charge >= 0.3 is 5.97 Å². The van der Waals surface area contributed by atoms with E-state index in [0.29, 0.717) is 11.6 Å². The van der Waals surface area contributed by atoms with Gasteiger partial charge in [0.2, 0.25) is 0 Å². The fourth-order valence-electron chi connectivity index (χ4n) is 2.20. The van der Waals surface area contributed by atoms with Crippen LogP contribution in [0.25, 0.3) is 0 Å². The molecule has 1 saturated carbocycles. The third-order valence-corrected chi connectivity index (χ3v) is 3.18. The molecule has 1 aliphatic carbocycles. The highest BCUT2D eigenvalue weighted by Gasteiger charge is 2.20. The summed E-state index contributed by atoms with van der Waals surface area (Å²) in [6, 6.07) is 0.512. The second kappa shape index (κ2) is 7.49. The predicted octanol–water partition coefficient (Wildman–Crippen LogP) is 3.15. The van der Waals surface area contributed by atoms with Crippen LogP contribution in [0.2, 0.25) is 0 Å². The molecular formula is C14H25NO2. The van der Waals surface area contributed by atoms with Gasteiger partial charge in [0.15, 0.2) is 6.23 Å². The van der Waals surface area contributed by atoms with E-state index in [0.717, 1.165) is 12.8 Å². The van der Waals surface area contributed by atoms with E-state index in [1.165, 1.54) is 32.1 Å². The van der Waals surface area contributed by atoms with E-state index in [1.54, 1.807) is 6.92 Å². The Kier molecular flexibility index (Phi) is 6.27. The van der Waals surface area contributed by atoms with Crippen LogP contribution in [-0.4, -0.2) is 18.2 Å². The van der Waals surface area contributed by atoms with Crippen molar-refractivity contribution in [3.05, 3.63) is 12.2 Å². The van der Waals surface area contributed by atoms with Crippen LogP contribution in [0.4, 0.5) is 0 Å². The van der Waals surface area contributed by atoms with Crippen LogP contribution in [0, 0.1) is 0 Å². The molecule has 0 aromatic carbocycles.